The molecule has 0 heterocycles. The normalized spacial score (nSPS) is 16.6. The minimum absolute atomic E-state index is 0.117. The van der Waals surface area contributed by atoms with Crippen molar-refractivity contribution in [2.24, 2.45) is 5.92 Å². The lowest BCUT2D eigenvalue weighted by molar-refractivity contribution is 0.0365. The summed E-state index contributed by atoms with van der Waals surface area (Å²) in [6.45, 7) is 5.39. The molecule has 0 unspecified atom stereocenters. The highest BCUT2D eigenvalue weighted by atomic mass is 32.2. The summed E-state index contributed by atoms with van der Waals surface area (Å²) in [6, 6.07) is 8.07. The van der Waals surface area contributed by atoms with Crippen LogP contribution >= 0.6 is 0 Å². The van der Waals surface area contributed by atoms with Crippen molar-refractivity contribution in [3.8, 4) is 0 Å². The summed E-state index contributed by atoms with van der Waals surface area (Å²) in [6.07, 6.45) is 4.44. The molecule has 1 aromatic rings. The van der Waals surface area contributed by atoms with E-state index in [0.29, 0.717) is 0 Å². The first-order valence-electron chi connectivity index (χ1n) is 8.51. The van der Waals surface area contributed by atoms with Crippen molar-refractivity contribution >= 4 is 16.1 Å². The summed E-state index contributed by atoms with van der Waals surface area (Å²) < 4.78 is 32.2. The molecule has 1 aliphatic carbocycles. The molecule has 6 heteroatoms. The molecule has 0 saturated heterocycles. The van der Waals surface area contributed by atoms with Gasteiger partial charge in [-0.3, -0.25) is 0 Å². The van der Waals surface area contributed by atoms with E-state index in [9.17, 15) is 13.2 Å². The Kier molecular flexibility index (Phi) is 5.91. The van der Waals surface area contributed by atoms with Gasteiger partial charge in [-0.25, -0.2) is 17.5 Å². The molecule has 1 fully saturated rings. The van der Waals surface area contributed by atoms with E-state index in [1.165, 1.54) is 18.6 Å². The number of carbonyl (C=O) groups excluding carboxylic acids is 1. The zero-order chi connectivity index (χ0) is 17.8. The zero-order valence-corrected chi connectivity index (χ0v) is 15.5. The van der Waals surface area contributed by atoms with Crippen LogP contribution in [0.1, 0.15) is 52.9 Å². The Hall–Kier alpha value is -1.56. The van der Waals surface area contributed by atoms with E-state index in [4.69, 9.17) is 4.74 Å². The van der Waals surface area contributed by atoms with Crippen molar-refractivity contribution in [2.75, 3.05) is 6.54 Å². The molecule has 1 amide bonds. The van der Waals surface area contributed by atoms with E-state index in [0.717, 1.165) is 30.0 Å². The van der Waals surface area contributed by atoms with Gasteiger partial charge in [-0.2, -0.15) is 0 Å². The molecule has 2 rings (SSSR count). The maximum absolute atomic E-state index is 13.0. The number of hydrogen-bond acceptors (Lipinski definition) is 4. The van der Waals surface area contributed by atoms with Crippen LogP contribution in [0.3, 0.4) is 0 Å². The third-order valence-corrected chi connectivity index (χ3v) is 5.82. The van der Waals surface area contributed by atoms with Gasteiger partial charge in [0.05, 0.1) is 4.90 Å². The van der Waals surface area contributed by atoms with E-state index < -0.39 is 21.7 Å². The Morgan fingerprint density at radius 3 is 2.25 bits per heavy atom. The Labute approximate surface area is 145 Å². The van der Waals surface area contributed by atoms with Gasteiger partial charge in [0.15, 0.2) is 0 Å². The van der Waals surface area contributed by atoms with Crippen LogP contribution < -0.4 is 0 Å². The summed E-state index contributed by atoms with van der Waals surface area (Å²) >= 11 is 0. The number of sulfonamides is 1. The summed E-state index contributed by atoms with van der Waals surface area (Å²) in [7, 11) is -3.91. The minimum Gasteiger partial charge on any atom is -0.443 e. The predicted octanol–water partition coefficient (Wildman–Crippen LogP) is 4.19. The van der Waals surface area contributed by atoms with Crippen molar-refractivity contribution in [3.05, 3.63) is 30.3 Å². The molecule has 0 aromatic heterocycles. The second-order valence-corrected chi connectivity index (χ2v) is 9.20. The van der Waals surface area contributed by atoms with Gasteiger partial charge in [-0.1, -0.05) is 37.5 Å². The lowest BCUT2D eigenvalue weighted by Gasteiger charge is -2.31. The van der Waals surface area contributed by atoms with Crippen LogP contribution in [0.4, 0.5) is 4.79 Å². The van der Waals surface area contributed by atoms with Gasteiger partial charge < -0.3 is 4.74 Å². The molecule has 1 aliphatic rings. The van der Waals surface area contributed by atoms with E-state index in [1.807, 2.05) is 0 Å². The van der Waals surface area contributed by atoms with Crippen LogP contribution in [0, 0.1) is 5.92 Å². The summed E-state index contributed by atoms with van der Waals surface area (Å²) in [5.74, 6) is 0.199. The van der Waals surface area contributed by atoms with Gasteiger partial charge in [0.2, 0.25) is 0 Å². The van der Waals surface area contributed by atoms with Crippen molar-refractivity contribution in [1.29, 1.82) is 0 Å². The highest BCUT2D eigenvalue weighted by Gasteiger charge is 2.35. The highest BCUT2D eigenvalue weighted by molar-refractivity contribution is 7.89. The molecule has 0 spiro atoms. The van der Waals surface area contributed by atoms with Crippen LogP contribution in [0.25, 0.3) is 0 Å². The molecule has 1 saturated carbocycles. The average molecular weight is 353 g/mol. The predicted molar refractivity (Wildman–Crippen MR) is 93.1 cm³/mol. The number of hydrogen-bond donors (Lipinski definition) is 0. The first-order valence-corrected chi connectivity index (χ1v) is 9.95. The smallest absolute Gasteiger partial charge is 0.424 e. The molecule has 0 bridgehead atoms. The van der Waals surface area contributed by atoms with E-state index >= 15 is 0 Å². The number of rotatable bonds is 4. The fourth-order valence-corrected chi connectivity index (χ4v) is 4.30. The number of ether oxygens (including phenoxy) is 1. The number of nitrogens with zero attached hydrogens (tertiary/aromatic N) is 1. The Bertz CT molecular complexity index is 643. The minimum atomic E-state index is -3.91. The summed E-state index contributed by atoms with van der Waals surface area (Å²) in [5, 5.41) is 0. The molecule has 24 heavy (non-hydrogen) atoms. The molecular weight excluding hydrogens is 326 g/mol. The number of amides is 1. The molecule has 5 nitrogen and oxygen atoms in total. The standard InChI is InChI=1S/C18H27NO4S/c1-18(2,3)23-17(20)19(14-15-10-6-4-7-11-15)24(21,22)16-12-8-5-9-13-16/h5,8-9,12-13,15H,4,6-7,10-11,14H2,1-3H3. The Balaban J connectivity index is 2.29. The second-order valence-electron chi connectivity index (χ2n) is 7.33. The van der Waals surface area contributed by atoms with Crippen molar-refractivity contribution in [1.82, 2.24) is 4.31 Å². The van der Waals surface area contributed by atoms with Crippen LogP contribution in [0.5, 0.6) is 0 Å². The maximum atomic E-state index is 13.0. The molecule has 0 aliphatic heterocycles. The number of benzene rings is 1. The topological polar surface area (TPSA) is 63.7 Å². The van der Waals surface area contributed by atoms with Gasteiger partial charge in [0.25, 0.3) is 10.0 Å². The average Bonchev–Trinajstić information content (AvgIpc) is 2.52. The second kappa shape index (κ2) is 7.55. The van der Waals surface area contributed by atoms with Gasteiger partial charge in [0, 0.05) is 6.54 Å². The van der Waals surface area contributed by atoms with Crippen LogP contribution in [-0.2, 0) is 14.8 Å². The van der Waals surface area contributed by atoms with Crippen LogP contribution in [0.15, 0.2) is 35.2 Å². The van der Waals surface area contributed by atoms with E-state index in [-0.39, 0.29) is 17.4 Å². The fourth-order valence-electron chi connectivity index (χ4n) is 2.91. The molecule has 0 atom stereocenters. The van der Waals surface area contributed by atoms with Crippen molar-refractivity contribution < 1.29 is 17.9 Å². The lowest BCUT2D eigenvalue weighted by Crippen LogP contribution is -2.43. The third kappa shape index (κ3) is 4.97. The number of carbonyl (C=O) groups is 1. The van der Waals surface area contributed by atoms with Crippen molar-refractivity contribution in [2.45, 2.75) is 63.4 Å². The molecule has 134 valence electrons. The van der Waals surface area contributed by atoms with Crippen LogP contribution in [-0.4, -0.2) is 31.0 Å². The molecule has 1 aromatic carbocycles. The van der Waals surface area contributed by atoms with E-state index in [2.05, 4.69) is 0 Å². The quantitative estimate of drug-likeness (QED) is 0.814. The maximum Gasteiger partial charge on any atom is 0.424 e. The van der Waals surface area contributed by atoms with Gasteiger partial charge in [-0.05, 0) is 51.7 Å². The first-order chi connectivity index (χ1) is 11.2. The fraction of sp³-hybridized carbons (Fsp3) is 0.611. The van der Waals surface area contributed by atoms with Crippen molar-refractivity contribution in [3.63, 3.8) is 0 Å². The molecule has 0 radical (unpaired) electrons. The van der Waals surface area contributed by atoms with E-state index in [1.54, 1.807) is 39.0 Å². The molecular formula is C18H27NO4S. The van der Waals surface area contributed by atoms with Crippen LogP contribution in [0.2, 0.25) is 0 Å². The SMILES string of the molecule is CC(C)(C)OC(=O)N(CC1CCCCC1)S(=O)(=O)c1ccccc1. The monoisotopic (exact) mass is 353 g/mol. The Morgan fingerprint density at radius 1 is 1.12 bits per heavy atom. The summed E-state index contributed by atoms with van der Waals surface area (Å²) in [5.41, 5.74) is -0.742. The largest absolute Gasteiger partial charge is 0.443 e. The highest BCUT2D eigenvalue weighted by Crippen LogP contribution is 2.28. The summed E-state index contributed by atoms with van der Waals surface area (Å²) in [4.78, 5) is 12.7. The first kappa shape index (κ1) is 18.8. The van der Waals surface area contributed by atoms with Gasteiger partial charge >= 0.3 is 6.09 Å². The van der Waals surface area contributed by atoms with Gasteiger partial charge in [-0.15, -0.1) is 0 Å². The Morgan fingerprint density at radius 2 is 1.71 bits per heavy atom. The lowest BCUT2D eigenvalue weighted by atomic mass is 9.89. The third-order valence-electron chi connectivity index (χ3n) is 4.08. The molecule has 0 N–H and O–H groups in total. The van der Waals surface area contributed by atoms with Gasteiger partial charge in [0.1, 0.15) is 5.60 Å². The zero-order valence-electron chi connectivity index (χ0n) is 14.7.